The third-order valence-corrected chi connectivity index (χ3v) is 6.48. The molecule has 0 aliphatic carbocycles. The van der Waals surface area contributed by atoms with E-state index in [1.807, 2.05) is 31.2 Å². The van der Waals surface area contributed by atoms with Crippen LogP contribution >= 0.6 is 0 Å². The number of aryl methyl sites for hydroxylation is 1. The molecule has 0 radical (unpaired) electrons. The molecule has 7 nitrogen and oxygen atoms in total. The van der Waals surface area contributed by atoms with Crippen LogP contribution in [0.15, 0.2) is 83.8 Å². The summed E-state index contributed by atoms with van der Waals surface area (Å²) < 4.78 is 38.4. The predicted octanol–water partition coefficient (Wildman–Crippen LogP) is 3.39. The summed E-state index contributed by atoms with van der Waals surface area (Å²) in [4.78, 5) is 12.6. The number of carbonyl (C=O) groups excluding carboxylic acids is 1. The van der Waals surface area contributed by atoms with Gasteiger partial charge in [-0.1, -0.05) is 35.9 Å². The molecular weight excluding hydrogens is 428 g/mol. The summed E-state index contributed by atoms with van der Waals surface area (Å²) >= 11 is 0. The minimum atomic E-state index is -3.97. The molecule has 0 heterocycles. The Bertz CT molecular complexity index is 1120. The number of sulfonamides is 1. The molecule has 0 bridgehead atoms. The van der Waals surface area contributed by atoms with Gasteiger partial charge in [-0.15, -0.1) is 0 Å². The van der Waals surface area contributed by atoms with Crippen LogP contribution in [0.25, 0.3) is 0 Å². The number of methoxy groups -OCH3 is 1. The lowest BCUT2D eigenvalue weighted by Crippen LogP contribution is -2.41. The Morgan fingerprint density at radius 3 is 2.16 bits per heavy atom. The fourth-order valence-electron chi connectivity index (χ4n) is 2.96. The predicted molar refractivity (Wildman–Crippen MR) is 124 cm³/mol. The van der Waals surface area contributed by atoms with E-state index in [-0.39, 0.29) is 24.6 Å². The summed E-state index contributed by atoms with van der Waals surface area (Å²) in [7, 11) is -2.46. The van der Waals surface area contributed by atoms with Gasteiger partial charge < -0.3 is 14.8 Å². The van der Waals surface area contributed by atoms with Crippen molar-refractivity contribution < 1.29 is 22.7 Å². The van der Waals surface area contributed by atoms with Gasteiger partial charge in [-0.25, -0.2) is 8.42 Å². The fourth-order valence-corrected chi connectivity index (χ4v) is 4.39. The molecule has 8 heteroatoms. The van der Waals surface area contributed by atoms with E-state index < -0.39 is 15.9 Å². The summed E-state index contributed by atoms with van der Waals surface area (Å²) in [6.45, 7) is 2.15. The van der Waals surface area contributed by atoms with Gasteiger partial charge in [-0.2, -0.15) is 0 Å². The minimum Gasteiger partial charge on any atom is -0.497 e. The first-order chi connectivity index (χ1) is 15.4. The molecule has 168 valence electrons. The number of amides is 1. The molecule has 0 saturated heterocycles. The van der Waals surface area contributed by atoms with E-state index in [4.69, 9.17) is 9.47 Å². The smallest absolute Gasteiger partial charge is 0.264 e. The van der Waals surface area contributed by atoms with Crippen LogP contribution in [0.2, 0.25) is 0 Å². The lowest BCUT2D eigenvalue weighted by molar-refractivity contribution is -0.119. The number of ether oxygens (including phenoxy) is 2. The van der Waals surface area contributed by atoms with Gasteiger partial charge in [-0.3, -0.25) is 9.10 Å². The van der Waals surface area contributed by atoms with Crippen LogP contribution in [0.5, 0.6) is 11.5 Å². The van der Waals surface area contributed by atoms with Crippen LogP contribution in [0, 0.1) is 6.92 Å². The first-order valence-corrected chi connectivity index (χ1v) is 11.5. The molecular formula is C24H26N2O5S. The van der Waals surface area contributed by atoms with Crippen LogP contribution in [0.4, 0.5) is 5.69 Å². The third-order valence-electron chi connectivity index (χ3n) is 4.69. The molecule has 3 aromatic rings. The van der Waals surface area contributed by atoms with Crippen molar-refractivity contribution in [2.45, 2.75) is 11.8 Å². The highest BCUT2D eigenvalue weighted by molar-refractivity contribution is 7.92. The molecule has 0 saturated carbocycles. The Hall–Kier alpha value is -3.52. The van der Waals surface area contributed by atoms with E-state index in [2.05, 4.69) is 5.32 Å². The zero-order valence-corrected chi connectivity index (χ0v) is 18.8. The summed E-state index contributed by atoms with van der Waals surface area (Å²) in [5, 5.41) is 2.72. The molecule has 0 aliphatic heterocycles. The second-order valence-electron chi connectivity index (χ2n) is 7.03. The fraction of sp³-hybridized carbons (Fsp3) is 0.208. The molecule has 1 N–H and O–H groups in total. The van der Waals surface area contributed by atoms with Gasteiger partial charge in [0.05, 0.1) is 24.2 Å². The van der Waals surface area contributed by atoms with Crippen molar-refractivity contribution in [3.63, 3.8) is 0 Å². The summed E-state index contributed by atoms with van der Waals surface area (Å²) in [6.07, 6.45) is 0. The Morgan fingerprint density at radius 2 is 1.53 bits per heavy atom. The molecule has 3 aromatic carbocycles. The van der Waals surface area contributed by atoms with Gasteiger partial charge in [0.25, 0.3) is 10.0 Å². The molecule has 1 amide bonds. The zero-order chi connectivity index (χ0) is 23.0. The van der Waals surface area contributed by atoms with E-state index in [0.717, 1.165) is 9.87 Å². The van der Waals surface area contributed by atoms with Gasteiger partial charge in [-0.05, 0) is 55.5 Å². The zero-order valence-electron chi connectivity index (χ0n) is 18.0. The average Bonchev–Trinajstić information content (AvgIpc) is 2.82. The van der Waals surface area contributed by atoms with Gasteiger partial charge in [0, 0.05) is 0 Å². The number of hydrogen-bond donors (Lipinski definition) is 1. The lowest BCUT2D eigenvalue weighted by atomic mass is 10.2. The SMILES string of the molecule is COc1ccc(S(=O)(=O)N(CC(=O)NCCOc2ccc(C)cc2)c2ccccc2)cc1. The summed E-state index contributed by atoms with van der Waals surface area (Å²) in [5.74, 6) is 0.817. The standard InChI is InChI=1S/C24H26N2O5S/c1-19-8-10-22(11-9-19)31-17-16-25-24(27)18-26(20-6-4-3-5-7-20)32(28,29)23-14-12-21(30-2)13-15-23/h3-15H,16-18H2,1-2H3,(H,25,27). The van der Waals surface area contributed by atoms with Crippen molar-refractivity contribution in [1.82, 2.24) is 5.32 Å². The van der Waals surface area contributed by atoms with Crippen molar-refractivity contribution in [2.75, 3.05) is 31.1 Å². The number of hydrogen-bond acceptors (Lipinski definition) is 5. The molecule has 0 fully saturated rings. The first-order valence-electron chi connectivity index (χ1n) is 10.1. The highest BCUT2D eigenvalue weighted by atomic mass is 32.2. The number of nitrogens with zero attached hydrogens (tertiary/aromatic N) is 1. The monoisotopic (exact) mass is 454 g/mol. The maximum atomic E-state index is 13.3. The van der Waals surface area contributed by atoms with Crippen LogP contribution in [0.3, 0.4) is 0 Å². The average molecular weight is 455 g/mol. The van der Waals surface area contributed by atoms with E-state index >= 15 is 0 Å². The van der Waals surface area contributed by atoms with Crippen LogP contribution in [-0.2, 0) is 14.8 Å². The van der Waals surface area contributed by atoms with Crippen LogP contribution < -0.4 is 19.1 Å². The second kappa shape index (κ2) is 10.7. The Kier molecular flexibility index (Phi) is 7.72. The molecule has 0 aromatic heterocycles. The van der Waals surface area contributed by atoms with Gasteiger partial charge in [0.15, 0.2) is 0 Å². The van der Waals surface area contributed by atoms with E-state index in [1.165, 1.54) is 19.2 Å². The molecule has 3 rings (SSSR count). The molecule has 0 atom stereocenters. The number of nitrogens with one attached hydrogen (secondary N) is 1. The van der Waals surface area contributed by atoms with Gasteiger partial charge >= 0.3 is 0 Å². The van der Waals surface area contributed by atoms with E-state index in [9.17, 15) is 13.2 Å². The summed E-state index contributed by atoms with van der Waals surface area (Å²) in [5.41, 5.74) is 1.53. The normalized spacial score (nSPS) is 10.9. The Labute approximate surface area is 188 Å². The lowest BCUT2D eigenvalue weighted by Gasteiger charge is -2.24. The van der Waals surface area contributed by atoms with Crippen molar-refractivity contribution in [3.8, 4) is 11.5 Å². The second-order valence-corrected chi connectivity index (χ2v) is 8.90. The molecule has 32 heavy (non-hydrogen) atoms. The molecule has 0 aliphatic rings. The van der Waals surface area contributed by atoms with Crippen LogP contribution in [0.1, 0.15) is 5.56 Å². The van der Waals surface area contributed by atoms with E-state index in [0.29, 0.717) is 17.2 Å². The number of para-hydroxylation sites is 1. The third kappa shape index (κ3) is 6.01. The summed E-state index contributed by atoms with van der Waals surface area (Å²) in [6, 6.07) is 22.2. The van der Waals surface area contributed by atoms with Gasteiger partial charge in [0.1, 0.15) is 24.7 Å². The largest absolute Gasteiger partial charge is 0.497 e. The number of benzene rings is 3. The molecule has 0 spiro atoms. The quantitative estimate of drug-likeness (QED) is 0.475. The topological polar surface area (TPSA) is 84.9 Å². The van der Waals surface area contributed by atoms with Gasteiger partial charge in [0.2, 0.25) is 5.91 Å². The minimum absolute atomic E-state index is 0.0673. The number of anilines is 1. The Balaban J connectivity index is 1.67. The maximum Gasteiger partial charge on any atom is 0.264 e. The van der Waals surface area contributed by atoms with E-state index in [1.54, 1.807) is 42.5 Å². The number of carbonyl (C=O) groups is 1. The first kappa shape index (κ1) is 23.1. The maximum absolute atomic E-state index is 13.3. The Morgan fingerprint density at radius 1 is 0.906 bits per heavy atom. The highest BCUT2D eigenvalue weighted by Gasteiger charge is 2.27. The van der Waals surface area contributed by atoms with Crippen molar-refractivity contribution in [2.24, 2.45) is 0 Å². The van der Waals surface area contributed by atoms with Crippen molar-refractivity contribution in [1.29, 1.82) is 0 Å². The van der Waals surface area contributed by atoms with Crippen molar-refractivity contribution in [3.05, 3.63) is 84.4 Å². The van der Waals surface area contributed by atoms with Crippen molar-refractivity contribution >= 4 is 21.6 Å². The highest BCUT2D eigenvalue weighted by Crippen LogP contribution is 2.24. The molecule has 0 unspecified atom stereocenters. The van der Waals surface area contributed by atoms with Crippen LogP contribution in [-0.4, -0.2) is 41.1 Å². The number of rotatable bonds is 10.